The van der Waals surface area contributed by atoms with Crippen LogP contribution in [-0.2, 0) is 0 Å². The van der Waals surface area contributed by atoms with Crippen molar-refractivity contribution in [3.63, 3.8) is 0 Å². The van der Waals surface area contributed by atoms with Crippen molar-refractivity contribution in [2.45, 2.75) is 168 Å². The van der Waals surface area contributed by atoms with Crippen molar-refractivity contribution < 1.29 is 0 Å². The van der Waals surface area contributed by atoms with E-state index in [0.29, 0.717) is 32.5 Å². The van der Waals surface area contributed by atoms with E-state index in [4.69, 9.17) is 0 Å². The van der Waals surface area contributed by atoms with E-state index in [2.05, 4.69) is 96.9 Å². The Morgan fingerprint density at radius 3 is 1.20 bits per heavy atom. The molecule has 13 atom stereocenters. The van der Waals surface area contributed by atoms with Crippen LogP contribution in [0.15, 0.2) is 0 Å². The Hall–Kier alpha value is 0. The molecule has 0 saturated heterocycles. The van der Waals surface area contributed by atoms with Gasteiger partial charge in [0.2, 0.25) is 0 Å². The second-order valence-corrected chi connectivity index (χ2v) is 23.9. The van der Waals surface area contributed by atoms with Crippen LogP contribution in [-0.4, -0.2) is 0 Å². The van der Waals surface area contributed by atoms with Gasteiger partial charge in [-0.05, 0) is 186 Å². The van der Waals surface area contributed by atoms with Gasteiger partial charge < -0.3 is 0 Å². The predicted molar refractivity (Wildman–Crippen MR) is 194 cm³/mol. The van der Waals surface area contributed by atoms with E-state index in [9.17, 15) is 0 Å². The monoisotopic (exact) mass is 619 g/mol. The summed E-state index contributed by atoms with van der Waals surface area (Å²) in [4.78, 5) is 0. The van der Waals surface area contributed by atoms with Gasteiger partial charge in [0.25, 0.3) is 0 Å². The first-order valence-electron chi connectivity index (χ1n) is 20.6. The van der Waals surface area contributed by atoms with E-state index < -0.39 is 0 Å². The van der Waals surface area contributed by atoms with Gasteiger partial charge in [-0.3, -0.25) is 0 Å². The molecule has 0 aromatic heterocycles. The Morgan fingerprint density at radius 2 is 0.844 bits per heavy atom. The molecule has 0 heteroatoms. The second kappa shape index (κ2) is 10.3. The van der Waals surface area contributed by atoms with Gasteiger partial charge in [-0.1, -0.05) is 96.9 Å². The molecule has 0 aromatic rings. The SMILES string of the molecule is CC(C)[C@H]1CC(C)(C2C3CC4C(CC3C3CC5C(CC32)C(C)(C)CCC5(C)C)C(C)(C)CCC4(C)C)C2CC(C(C)(C)C)CC21. The summed E-state index contributed by atoms with van der Waals surface area (Å²) in [5.41, 5.74) is 3.10. The average molecular weight is 619 g/mol. The van der Waals surface area contributed by atoms with Crippen molar-refractivity contribution >= 4 is 0 Å². The maximum atomic E-state index is 2.95. The second-order valence-electron chi connectivity index (χ2n) is 23.9. The van der Waals surface area contributed by atoms with E-state index in [1.54, 1.807) is 32.1 Å². The minimum atomic E-state index is 0.457. The first-order valence-corrected chi connectivity index (χ1v) is 20.6. The normalized spacial score (nSPS) is 52.5. The molecule has 7 aliphatic rings. The van der Waals surface area contributed by atoms with Gasteiger partial charge in [0.05, 0.1) is 0 Å². The Balaban J connectivity index is 1.33. The zero-order valence-corrected chi connectivity index (χ0v) is 32.9. The fraction of sp³-hybridized carbons (Fsp3) is 1.00. The minimum Gasteiger partial charge on any atom is -0.0625 e. The molecule has 7 fully saturated rings. The summed E-state index contributed by atoms with van der Waals surface area (Å²) in [6, 6.07) is 0. The highest BCUT2D eigenvalue weighted by Gasteiger charge is 2.69. The summed E-state index contributed by atoms with van der Waals surface area (Å²) < 4.78 is 0. The molecule has 0 amide bonds. The van der Waals surface area contributed by atoms with Crippen molar-refractivity contribution in [1.29, 1.82) is 0 Å². The lowest BCUT2D eigenvalue weighted by Crippen LogP contribution is -2.51. The van der Waals surface area contributed by atoms with Crippen LogP contribution < -0.4 is 0 Å². The minimum absolute atomic E-state index is 0.457. The van der Waals surface area contributed by atoms with E-state index in [0.717, 1.165) is 82.9 Å². The van der Waals surface area contributed by atoms with Crippen molar-refractivity contribution in [3.05, 3.63) is 0 Å². The fourth-order valence-corrected chi connectivity index (χ4v) is 16.1. The fourth-order valence-electron chi connectivity index (χ4n) is 16.1. The zero-order valence-electron chi connectivity index (χ0n) is 32.9. The molecule has 0 bridgehead atoms. The van der Waals surface area contributed by atoms with Gasteiger partial charge in [0.1, 0.15) is 0 Å². The van der Waals surface area contributed by atoms with Crippen molar-refractivity contribution in [2.75, 3.05) is 0 Å². The topological polar surface area (TPSA) is 0 Å². The van der Waals surface area contributed by atoms with Gasteiger partial charge >= 0.3 is 0 Å². The largest absolute Gasteiger partial charge is 0.0625 e. The van der Waals surface area contributed by atoms with Crippen LogP contribution in [0, 0.1) is 115 Å². The molecule has 7 aliphatic carbocycles. The molecule has 0 spiro atoms. The summed E-state index contributed by atoms with van der Waals surface area (Å²) in [5.74, 6) is 13.4. The lowest BCUT2D eigenvalue weighted by atomic mass is 9.46. The molecule has 45 heavy (non-hydrogen) atoms. The number of hydrogen-bond acceptors (Lipinski definition) is 0. The Bertz CT molecular complexity index is 1070. The van der Waals surface area contributed by atoms with E-state index in [1.807, 2.05) is 0 Å². The summed E-state index contributed by atoms with van der Waals surface area (Å²) in [5, 5.41) is 0. The van der Waals surface area contributed by atoms with E-state index >= 15 is 0 Å². The van der Waals surface area contributed by atoms with Crippen LogP contribution in [0.3, 0.4) is 0 Å². The lowest BCUT2D eigenvalue weighted by molar-refractivity contribution is -0.0969. The third kappa shape index (κ3) is 4.97. The first-order chi connectivity index (χ1) is 20.6. The van der Waals surface area contributed by atoms with Crippen LogP contribution in [0.1, 0.15) is 168 Å². The molecule has 0 aliphatic heterocycles. The highest BCUT2D eigenvalue weighted by molar-refractivity contribution is 5.17. The molecule has 0 heterocycles. The van der Waals surface area contributed by atoms with E-state index in [-0.39, 0.29) is 0 Å². The molecular weight excluding hydrogens is 540 g/mol. The summed E-state index contributed by atoms with van der Waals surface area (Å²) in [7, 11) is 0. The Morgan fingerprint density at radius 1 is 0.467 bits per heavy atom. The number of fused-ring (bicyclic) bond motifs is 6. The van der Waals surface area contributed by atoms with Crippen LogP contribution >= 0.6 is 0 Å². The van der Waals surface area contributed by atoms with Crippen LogP contribution in [0.25, 0.3) is 0 Å². The average Bonchev–Trinajstić information content (AvgIpc) is 3.59. The van der Waals surface area contributed by atoms with Crippen molar-refractivity contribution in [3.8, 4) is 0 Å². The highest BCUT2D eigenvalue weighted by atomic mass is 14.7. The molecular formula is C45H78. The van der Waals surface area contributed by atoms with E-state index in [1.165, 1.54) is 38.5 Å². The maximum Gasteiger partial charge on any atom is -0.0258 e. The third-order valence-electron chi connectivity index (χ3n) is 19.0. The van der Waals surface area contributed by atoms with Gasteiger partial charge in [0.15, 0.2) is 0 Å². The molecule has 7 saturated carbocycles. The van der Waals surface area contributed by atoms with Gasteiger partial charge in [-0.15, -0.1) is 0 Å². The van der Waals surface area contributed by atoms with Gasteiger partial charge in [0, 0.05) is 0 Å². The zero-order chi connectivity index (χ0) is 32.9. The summed E-state index contributed by atoms with van der Waals surface area (Å²) in [6.45, 7) is 37.4. The van der Waals surface area contributed by atoms with Crippen molar-refractivity contribution in [1.82, 2.24) is 0 Å². The van der Waals surface area contributed by atoms with Crippen LogP contribution in [0.4, 0.5) is 0 Å². The van der Waals surface area contributed by atoms with Crippen molar-refractivity contribution in [2.24, 2.45) is 115 Å². The Kier molecular flexibility index (Phi) is 7.64. The summed E-state index contributed by atoms with van der Waals surface area (Å²) >= 11 is 0. The summed E-state index contributed by atoms with van der Waals surface area (Å²) in [6.07, 6.45) is 16.7. The Labute approximate surface area is 282 Å². The quantitative estimate of drug-likeness (QED) is 0.289. The molecule has 7 rings (SSSR count). The predicted octanol–water partition coefficient (Wildman–Crippen LogP) is 13.2. The van der Waals surface area contributed by atoms with Gasteiger partial charge in [-0.2, -0.15) is 0 Å². The van der Waals surface area contributed by atoms with Crippen LogP contribution in [0.5, 0.6) is 0 Å². The molecule has 0 nitrogen and oxygen atoms in total. The highest BCUT2D eigenvalue weighted by Crippen LogP contribution is 2.76. The molecule has 258 valence electrons. The third-order valence-corrected chi connectivity index (χ3v) is 19.0. The first kappa shape index (κ1) is 33.5. The lowest BCUT2D eigenvalue weighted by Gasteiger charge is -2.59. The molecule has 0 radical (unpaired) electrons. The molecule has 0 N–H and O–H groups in total. The maximum absolute atomic E-state index is 2.95. The van der Waals surface area contributed by atoms with Crippen LogP contribution in [0.2, 0.25) is 0 Å². The number of hydrogen-bond donors (Lipinski definition) is 0. The van der Waals surface area contributed by atoms with Gasteiger partial charge in [-0.25, -0.2) is 0 Å². The molecule has 12 unspecified atom stereocenters. The molecule has 0 aromatic carbocycles. The number of rotatable bonds is 2. The standard InChI is InChI=1S/C45H78/c1-26(2)33-25-45(14,34-20-27(19-30(33)34)40(3,4)5)39-31-23-37-35(41(6,7)15-17-43(37,10)11)21-28(31)29-22-36-38(24-32(29)39)44(12,13)18-16-42(36,8)9/h26-39H,15-25H2,1-14H3/t27?,28?,29?,30?,31?,32?,33-,34?,35?,36?,37?,38?,39?,45?/m1/s1. The smallest absolute Gasteiger partial charge is 0.0258 e.